The average molecular weight is 345 g/mol. The molecule has 0 amide bonds. The van der Waals surface area contributed by atoms with Crippen LogP contribution < -0.4 is 0 Å². The molecule has 0 radical (unpaired) electrons. The first-order valence-corrected chi connectivity index (χ1v) is 11.3. The van der Waals surface area contributed by atoms with Crippen molar-refractivity contribution in [3.63, 3.8) is 0 Å². The maximum atomic E-state index is 11.4. The summed E-state index contributed by atoms with van der Waals surface area (Å²) in [5.74, 6) is 3.67. The van der Waals surface area contributed by atoms with Crippen molar-refractivity contribution in [2.75, 3.05) is 0 Å². The third-order valence-electron chi connectivity index (χ3n) is 9.61. The van der Waals surface area contributed by atoms with Gasteiger partial charge in [0.2, 0.25) is 0 Å². The summed E-state index contributed by atoms with van der Waals surface area (Å²) in [5.41, 5.74) is 2.40. The Labute approximate surface area is 155 Å². The van der Waals surface area contributed by atoms with Gasteiger partial charge in [0.15, 0.2) is 0 Å². The number of rotatable bonds is 3. The monoisotopic (exact) mass is 344 g/mol. The van der Waals surface area contributed by atoms with Crippen LogP contribution in [-0.2, 0) is 0 Å². The van der Waals surface area contributed by atoms with E-state index in [4.69, 9.17) is 0 Å². The molecule has 1 N–H and O–H groups in total. The number of aliphatic hydroxyl groups is 1. The fourth-order valence-corrected chi connectivity index (χ4v) is 8.13. The number of hydrogen-bond donors (Lipinski definition) is 1. The first-order chi connectivity index (χ1) is 11.9. The quantitative estimate of drug-likeness (QED) is 0.590. The van der Waals surface area contributed by atoms with Crippen LogP contribution in [0.3, 0.4) is 0 Å². The standard InChI is InChI=1S/C24H40O/c1-5-8-16(2)19-12-13-20-18-11-10-17-9-6-7-14-23(17,3)21(18)15-22(25)24(19,20)4/h11,16-17,19-22,25H,5-10,12-15H2,1-4H3/t16?,17-,19+,20-,21-,22-,23-,24+/m0/s1. The van der Waals surface area contributed by atoms with Crippen LogP contribution >= 0.6 is 0 Å². The van der Waals surface area contributed by atoms with E-state index in [9.17, 15) is 5.11 Å². The van der Waals surface area contributed by atoms with Crippen LogP contribution in [0.15, 0.2) is 11.6 Å². The Morgan fingerprint density at radius 3 is 2.72 bits per heavy atom. The van der Waals surface area contributed by atoms with Crippen molar-refractivity contribution < 1.29 is 5.11 Å². The Bertz CT molecular complexity index is 536. The van der Waals surface area contributed by atoms with Crippen molar-refractivity contribution in [3.8, 4) is 0 Å². The van der Waals surface area contributed by atoms with E-state index in [1.54, 1.807) is 5.57 Å². The summed E-state index contributed by atoms with van der Waals surface area (Å²) in [4.78, 5) is 0. The number of allylic oxidation sites excluding steroid dienone is 2. The van der Waals surface area contributed by atoms with Crippen LogP contribution in [0, 0.1) is 40.4 Å². The molecule has 0 aromatic carbocycles. The van der Waals surface area contributed by atoms with E-state index >= 15 is 0 Å². The number of aliphatic hydroxyl groups excluding tert-OH is 1. The first kappa shape index (κ1) is 18.1. The van der Waals surface area contributed by atoms with Crippen LogP contribution in [0.2, 0.25) is 0 Å². The second-order valence-corrected chi connectivity index (χ2v) is 10.6. The molecule has 0 bridgehead atoms. The zero-order chi connectivity index (χ0) is 17.8. The van der Waals surface area contributed by atoms with Crippen molar-refractivity contribution in [3.05, 3.63) is 11.6 Å². The molecule has 0 aromatic rings. The van der Waals surface area contributed by atoms with E-state index in [1.165, 1.54) is 57.8 Å². The normalized spacial score (nSPS) is 50.4. The molecule has 1 nitrogen and oxygen atoms in total. The molecule has 0 saturated heterocycles. The lowest BCUT2D eigenvalue weighted by Crippen LogP contribution is -2.54. The molecule has 4 rings (SSSR count). The van der Waals surface area contributed by atoms with Gasteiger partial charge in [0.1, 0.15) is 0 Å². The van der Waals surface area contributed by atoms with Crippen molar-refractivity contribution in [1.82, 2.24) is 0 Å². The van der Waals surface area contributed by atoms with Crippen molar-refractivity contribution in [1.29, 1.82) is 0 Å². The highest BCUT2D eigenvalue weighted by atomic mass is 16.3. The smallest absolute Gasteiger partial charge is 0.0608 e. The summed E-state index contributed by atoms with van der Waals surface area (Å²) in [6, 6.07) is 0. The van der Waals surface area contributed by atoms with Gasteiger partial charge in [-0.3, -0.25) is 0 Å². The molecule has 4 aliphatic carbocycles. The highest BCUT2D eigenvalue weighted by molar-refractivity contribution is 5.29. The van der Waals surface area contributed by atoms with E-state index in [-0.39, 0.29) is 11.5 Å². The summed E-state index contributed by atoms with van der Waals surface area (Å²) in [5, 5.41) is 11.4. The molecule has 4 aliphatic rings. The minimum Gasteiger partial charge on any atom is -0.393 e. The second kappa shape index (κ2) is 6.39. The average Bonchev–Trinajstić information content (AvgIpc) is 2.94. The van der Waals surface area contributed by atoms with Crippen molar-refractivity contribution >= 4 is 0 Å². The summed E-state index contributed by atoms with van der Waals surface area (Å²) < 4.78 is 0. The van der Waals surface area contributed by atoms with Crippen LogP contribution in [-0.4, -0.2) is 11.2 Å². The summed E-state index contributed by atoms with van der Waals surface area (Å²) >= 11 is 0. The van der Waals surface area contributed by atoms with Gasteiger partial charge >= 0.3 is 0 Å². The predicted molar refractivity (Wildman–Crippen MR) is 105 cm³/mol. The molecule has 0 spiro atoms. The second-order valence-electron chi connectivity index (χ2n) is 10.6. The molecule has 0 heterocycles. The zero-order valence-corrected chi connectivity index (χ0v) is 17.1. The van der Waals surface area contributed by atoms with Crippen LogP contribution in [0.5, 0.6) is 0 Å². The highest BCUT2D eigenvalue weighted by Gasteiger charge is 2.61. The van der Waals surface area contributed by atoms with Crippen LogP contribution in [0.25, 0.3) is 0 Å². The SMILES string of the molecule is CCCC(C)[C@H]1CC[C@H]2C3=CC[C@@H]4CCCC[C@]4(C)[C@H]3C[C@H](O)[C@]12C. The predicted octanol–water partition coefficient (Wildman–Crippen LogP) is 6.36. The van der Waals surface area contributed by atoms with Crippen LogP contribution in [0.1, 0.15) is 91.9 Å². The van der Waals surface area contributed by atoms with E-state index in [2.05, 4.69) is 33.8 Å². The van der Waals surface area contributed by atoms with Crippen LogP contribution in [0.4, 0.5) is 0 Å². The molecule has 0 aliphatic heterocycles. The molecule has 142 valence electrons. The zero-order valence-electron chi connectivity index (χ0n) is 17.1. The molecule has 25 heavy (non-hydrogen) atoms. The van der Waals surface area contributed by atoms with Gasteiger partial charge in [-0.25, -0.2) is 0 Å². The van der Waals surface area contributed by atoms with Crippen molar-refractivity contribution in [2.45, 2.75) is 98.0 Å². The lowest BCUT2D eigenvalue weighted by atomic mass is 9.47. The molecule has 8 atom stereocenters. The minimum absolute atomic E-state index is 0.0936. The fraction of sp³-hybridized carbons (Fsp3) is 0.917. The Balaban J connectivity index is 1.67. The Kier molecular flexibility index (Phi) is 4.63. The van der Waals surface area contributed by atoms with Gasteiger partial charge in [-0.1, -0.05) is 65.0 Å². The largest absolute Gasteiger partial charge is 0.393 e. The summed E-state index contributed by atoms with van der Waals surface area (Å²) in [6.07, 6.45) is 15.9. The van der Waals surface area contributed by atoms with Gasteiger partial charge in [0.05, 0.1) is 6.10 Å². The third kappa shape index (κ3) is 2.51. The maximum absolute atomic E-state index is 11.4. The third-order valence-corrected chi connectivity index (χ3v) is 9.61. The Morgan fingerprint density at radius 1 is 1.16 bits per heavy atom. The lowest BCUT2D eigenvalue weighted by Gasteiger charge is -2.58. The van der Waals surface area contributed by atoms with E-state index in [0.29, 0.717) is 23.2 Å². The fourth-order valence-electron chi connectivity index (χ4n) is 8.13. The van der Waals surface area contributed by atoms with Gasteiger partial charge < -0.3 is 5.11 Å². The van der Waals surface area contributed by atoms with Gasteiger partial charge in [-0.05, 0) is 73.5 Å². The Hall–Kier alpha value is -0.300. The molecule has 3 saturated carbocycles. The minimum atomic E-state index is -0.0936. The van der Waals surface area contributed by atoms with Gasteiger partial charge in [0.25, 0.3) is 0 Å². The molecule has 3 fully saturated rings. The van der Waals surface area contributed by atoms with E-state index in [0.717, 1.165) is 18.3 Å². The molecular weight excluding hydrogens is 304 g/mol. The summed E-state index contributed by atoms with van der Waals surface area (Å²) in [6.45, 7) is 9.80. The topological polar surface area (TPSA) is 20.2 Å². The van der Waals surface area contributed by atoms with Crippen molar-refractivity contribution in [2.24, 2.45) is 40.4 Å². The van der Waals surface area contributed by atoms with E-state index in [1.807, 2.05) is 0 Å². The summed E-state index contributed by atoms with van der Waals surface area (Å²) in [7, 11) is 0. The molecular formula is C24H40O. The van der Waals surface area contributed by atoms with Gasteiger partial charge in [-0.15, -0.1) is 0 Å². The maximum Gasteiger partial charge on any atom is 0.0608 e. The Morgan fingerprint density at radius 2 is 1.96 bits per heavy atom. The molecule has 1 unspecified atom stereocenters. The number of hydrogen-bond acceptors (Lipinski definition) is 1. The highest BCUT2D eigenvalue weighted by Crippen LogP contribution is 2.66. The van der Waals surface area contributed by atoms with E-state index < -0.39 is 0 Å². The lowest BCUT2D eigenvalue weighted by molar-refractivity contribution is -0.0933. The molecule has 1 heteroatoms. The van der Waals surface area contributed by atoms with Gasteiger partial charge in [-0.2, -0.15) is 0 Å². The molecule has 0 aromatic heterocycles. The first-order valence-electron chi connectivity index (χ1n) is 11.3. The number of fused-ring (bicyclic) bond motifs is 5. The van der Waals surface area contributed by atoms with Gasteiger partial charge in [0, 0.05) is 5.41 Å².